The summed E-state index contributed by atoms with van der Waals surface area (Å²) < 4.78 is 14.2. The van der Waals surface area contributed by atoms with Gasteiger partial charge in [-0.1, -0.05) is 18.2 Å². The second-order valence-corrected chi connectivity index (χ2v) is 4.48. The lowest BCUT2D eigenvalue weighted by molar-refractivity contribution is -0.386. The van der Waals surface area contributed by atoms with Crippen LogP contribution in [0.2, 0.25) is 0 Å². The number of para-hydroxylation sites is 1. The molecule has 0 saturated carbocycles. The van der Waals surface area contributed by atoms with Crippen LogP contribution in [-0.2, 0) is 0 Å². The zero-order valence-electron chi connectivity index (χ0n) is 11.3. The largest absolute Gasteiger partial charge is 0.500 e. The lowest BCUT2D eigenvalue weighted by Crippen LogP contribution is -2.07. The molecular formula is C14H11FN2O5. The van der Waals surface area contributed by atoms with E-state index in [1.807, 2.05) is 0 Å². The van der Waals surface area contributed by atoms with Crippen molar-refractivity contribution < 1.29 is 24.3 Å². The van der Waals surface area contributed by atoms with Gasteiger partial charge in [0.1, 0.15) is 0 Å². The Morgan fingerprint density at radius 2 is 2.00 bits per heavy atom. The summed E-state index contributed by atoms with van der Waals surface area (Å²) in [4.78, 5) is 20.9. The summed E-state index contributed by atoms with van der Waals surface area (Å²) in [6, 6.07) is 7.30. The predicted molar refractivity (Wildman–Crippen MR) is 76.1 cm³/mol. The molecule has 0 amide bonds. The highest BCUT2D eigenvalue weighted by Gasteiger charge is 2.27. The Labute approximate surface area is 123 Å². The van der Waals surface area contributed by atoms with Crippen molar-refractivity contribution in [2.24, 2.45) is 0 Å². The Morgan fingerprint density at radius 1 is 1.36 bits per heavy atom. The predicted octanol–water partition coefficient (Wildman–Crippen LogP) is 3.19. The molecule has 2 aromatic rings. The number of nitro benzene ring substituents is 1. The maximum Gasteiger partial charge on any atom is 0.338 e. The summed E-state index contributed by atoms with van der Waals surface area (Å²) in [7, 11) is 0. The second kappa shape index (κ2) is 5.68. The average molecular weight is 306 g/mol. The van der Waals surface area contributed by atoms with E-state index in [2.05, 4.69) is 5.32 Å². The van der Waals surface area contributed by atoms with E-state index in [0.717, 1.165) is 0 Å². The van der Waals surface area contributed by atoms with Crippen LogP contribution in [0.5, 0.6) is 5.75 Å². The zero-order chi connectivity index (χ0) is 16.4. The third kappa shape index (κ3) is 2.66. The molecule has 114 valence electrons. The molecule has 0 radical (unpaired) electrons. The van der Waals surface area contributed by atoms with Crippen LogP contribution in [0.25, 0.3) is 0 Å². The van der Waals surface area contributed by atoms with E-state index in [0.29, 0.717) is 17.3 Å². The highest BCUT2D eigenvalue weighted by molar-refractivity contribution is 5.97. The van der Waals surface area contributed by atoms with Gasteiger partial charge in [-0.15, -0.1) is 0 Å². The quantitative estimate of drug-likeness (QED) is 0.590. The van der Waals surface area contributed by atoms with E-state index in [9.17, 15) is 24.4 Å². The van der Waals surface area contributed by atoms with Gasteiger partial charge >= 0.3 is 11.7 Å². The number of hydrogen-bond acceptors (Lipinski definition) is 5. The minimum Gasteiger partial charge on any atom is -0.500 e. The van der Waals surface area contributed by atoms with Crippen molar-refractivity contribution in [1.82, 2.24) is 0 Å². The first-order valence-corrected chi connectivity index (χ1v) is 6.08. The molecular weight excluding hydrogens is 295 g/mol. The number of aromatic hydroxyl groups is 1. The minimum absolute atomic E-state index is 0.414. The maximum absolute atomic E-state index is 14.2. The number of halogens is 1. The zero-order valence-corrected chi connectivity index (χ0v) is 11.3. The lowest BCUT2D eigenvalue weighted by Gasteiger charge is -2.13. The van der Waals surface area contributed by atoms with Crippen LogP contribution in [0.15, 0.2) is 30.3 Å². The summed E-state index contributed by atoms with van der Waals surface area (Å²) in [5, 5.41) is 32.0. The molecule has 3 N–H and O–H groups in total. The molecule has 0 aromatic heterocycles. The number of nitrogens with one attached hydrogen (secondary N) is 1. The van der Waals surface area contributed by atoms with Crippen molar-refractivity contribution in [3.05, 3.63) is 57.4 Å². The monoisotopic (exact) mass is 306 g/mol. The lowest BCUT2D eigenvalue weighted by atomic mass is 10.1. The Bertz CT molecular complexity index is 776. The number of aryl methyl sites for hydroxylation is 1. The third-order valence-corrected chi connectivity index (χ3v) is 3.05. The molecule has 8 heteroatoms. The van der Waals surface area contributed by atoms with Crippen LogP contribution in [0.3, 0.4) is 0 Å². The molecule has 0 bridgehead atoms. The van der Waals surface area contributed by atoms with E-state index in [4.69, 9.17) is 5.11 Å². The molecule has 0 saturated heterocycles. The molecule has 0 aliphatic heterocycles. The van der Waals surface area contributed by atoms with E-state index >= 15 is 0 Å². The molecule has 2 rings (SSSR count). The SMILES string of the molecule is Cc1ccccc1Nc1c(C(=O)O)cc([N+](=O)[O-])c(O)c1F. The van der Waals surface area contributed by atoms with Crippen LogP contribution >= 0.6 is 0 Å². The van der Waals surface area contributed by atoms with Crippen molar-refractivity contribution in [3.63, 3.8) is 0 Å². The fourth-order valence-electron chi connectivity index (χ4n) is 1.90. The second-order valence-electron chi connectivity index (χ2n) is 4.48. The van der Waals surface area contributed by atoms with Crippen LogP contribution < -0.4 is 5.32 Å². The Kier molecular flexibility index (Phi) is 3.93. The van der Waals surface area contributed by atoms with Crippen molar-refractivity contribution in [2.45, 2.75) is 6.92 Å². The van der Waals surface area contributed by atoms with Crippen molar-refractivity contribution in [1.29, 1.82) is 0 Å². The van der Waals surface area contributed by atoms with Crippen molar-refractivity contribution in [3.8, 4) is 5.75 Å². The molecule has 0 unspecified atom stereocenters. The summed E-state index contributed by atoms with van der Waals surface area (Å²) in [5.41, 5.74) is -1.08. The smallest absolute Gasteiger partial charge is 0.338 e. The summed E-state index contributed by atoms with van der Waals surface area (Å²) in [6.45, 7) is 1.71. The first kappa shape index (κ1) is 15.2. The van der Waals surface area contributed by atoms with Gasteiger partial charge in [0.25, 0.3) is 0 Å². The molecule has 0 aliphatic rings. The fourth-order valence-corrected chi connectivity index (χ4v) is 1.90. The van der Waals surface area contributed by atoms with Crippen molar-refractivity contribution in [2.75, 3.05) is 5.32 Å². The Balaban J connectivity index is 2.65. The van der Waals surface area contributed by atoms with Crippen LogP contribution in [-0.4, -0.2) is 21.1 Å². The third-order valence-electron chi connectivity index (χ3n) is 3.05. The topological polar surface area (TPSA) is 113 Å². The number of carboxylic acid groups (broad SMARTS) is 1. The van der Waals surface area contributed by atoms with E-state index in [1.54, 1.807) is 31.2 Å². The van der Waals surface area contributed by atoms with Gasteiger partial charge in [0.15, 0.2) is 5.82 Å². The number of phenols is 1. The number of benzene rings is 2. The molecule has 0 atom stereocenters. The number of anilines is 2. The summed E-state index contributed by atoms with van der Waals surface area (Å²) in [6.07, 6.45) is 0. The van der Waals surface area contributed by atoms with E-state index < -0.39 is 39.4 Å². The van der Waals surface area contributed by atoms with Gasteiger partial charge in [0.05, 0.1) is 16.2 Å². The normalized spacial score (nSPS) is 10.3. The number of carbonyl (C=O) groups is 1. The molecule has 22 heavy (non-hydrogen) atoms. The van der Waals surface area contributed by atoms with Gasteiger partial charge in [0, 0.05) is 11.8 Å². The molecule has 0 fully saturated rings. The number of carboxylic acids is 1. The number of hydrogen-bond donors (Lipinski definition) is 3. The number of aromatic carboxylic acids is 1. The number of rotatable bonds is 4. The highest BCUT2D eigenvalue weighted by atomic mass is 19.1. The first-order chi connectivity index (χ1) is 10.3. The number of nitrogens with zero attached hydrogens (tertiary/aromatic N) is 1. The average Bonchev–Trinajstić information content (AvgIpc) is 2.45. The van der Waals surface area contributed by atoms with Gasteiger partial charge in [0.2, 0.25) is 5.75 Å². The highest BCUT2D eigenvalue weighted by Crippen LogP contribution is 2.38. The van der Waals surface area contributed by atoms with Gasteiger partial charge in [-0.2, -0.15) is 0 Å². The van der Waals surface area contributed by atoms with Crippen molar-refractivity contribution >= 4 is 23.0 Å². The summed E-state index contributed by atoms with van der Waals surface area (Å²) in [5.74, 6) is -4.17. The van der Waals surface area contributed by atoms with Gasteiger partial charge in [-0.25, -0.2) is 9.18 Å². The summed E-state index contributed by atoms with van der Waals surface area (Å²) >= 11 is 0. The van der Waals surface area contributed by atoms with Gasteiger partial charge in [-0.3, -0.25) is 10.1 Å². The van der Waals surface area contributed by atoms with Crippen LogP contribution in [0, 0.1) is 22.9 Å². The Hall–Kier alpha value is -3.16. The van der Waals surface area contributed by atoms with Gasteiger partial charge < -0.3 is 15.5 Å². The number of nitro groups is 1. The van der Waals surface area contributed by atoms with E-state index in [1.165, 1.54) is 0 Å². The number of phenolic OH excluding ortho intramolecular Hbond substituents is 1. The standard InChI is InChI=1S/C14H11FN2O5/c1-7-4-2-3-5-9(7)16-12-8(14(19)20)6-10(17(21)22)13(18)11(12)15/h2-6,16,18H,1H3,(H,19,20). The first-order valence-electron chi connectivity index (χ1n) is 6.08. The molecule has 2 aromatic carbocycles. The van der Waals surface area contributed by atoms with E-state index in [-0.39, 0.29) is 0 Å². The molecule has 0 heterocycles. The molecule has 0 aliphatic carbocycles. The van der Waals surface area contributed by atoms with Gasteiger partial charge in [-0.05, 0) is 18.6 Å². The minimum atomic E-state index is -1.56. The van der Waals surface area contributed by atoms with Crippen LogP contribution in [0.4, 0.5) is 21.5 Å². The molecule has 0 spiro atoms. The molecule has 7 nitrogen and oxygen atoms in total. The fraction of sp³-hybridized carbons (Fsp3) is 0.0714. The Morgan fingerprint density at radius 3 is 2.55 bits per heavy atom. The van der Waals surface area contributed by atoms with Crippen LogP contribution in [0.1, 0.15) is 15.9 Å². The maximum atomic E-state index is 14.2.